The fraction of sp³-hybridized carbons (Fsp3) is 0.968. The number of hydrazine groups is 1. The lowest BCUT2D eigenvalue weighted by molar-refractivity contribution is -0.536. The summed E-state index contributed by atoms with van der Waals surface area (Å²) in [6.07, 6.45) is -0.781. The highest BCUT2D eigenvalue weighted by atomic mass is 32.2. The second-order valence-electron chi connectivity index (χ2n) is 15.2. The molecule has 3 saturated heterocycles. The Morgan fingerprint density at radius 3 is 2.41 bits per heavy atom. The van der Waals surface area contributed by atoms with Gasteiger partial charge in [-0.3, -0.25) is 41.2 Å². The molecule has 18 heteroatoms. The number of piperidine rings is 1. The normalized spacial score (nSPS) is 40.3. The van der Waals surface area contributed by atoms with Crippen LogP contribution in [0, 0.1) is 22.0 Å². The summed E-state index contributed by atoms with van der Waals surface area (Å²) in [5.74, 6) is -1.71. The quantitative estimate of drug-likeness (QED) is 0.126. The Labute approximate surface area is 292 Å². The Hall–Kier alpha value is -1.25. The number of thioether (sulfide) groups is 1. The molecular weight excluding hydrogens is 685 g/mol. The van der Waals surface area contributed by atoms with Gasteiger partial charge in [0.1, 0.15) is 17.8 Å². The van der Waals surface area contributed by atoms with Gasteiger partial charge in [0.05, 0.1) is 28.5 Å². The van der Waals surface area contributed by atoms with Gasteiger partial charge in [0, 0.05) is 42.1 Å². The summed E-state index contributed by atoms with van der Waals surface area (Å²) in [6.45, 7) is 6.35. The molecule has 12 unspecified atom stereocenters. The monoisotopic (exact) mass is 739 g/mol. The van der Waals surface area contributed by atoms with E-state index in [1.807, 2.05) is 0 Å². The van der Waals surface area contributed by atoms with Gasteiger partial charge in [0.15, 0.2) is 16.0 Å². The van der Waals surface area contributed by atoms with Gasteiger partial charge in [0.25, 0.3) is 0 Å². The van der Waals surface area contributed by atoms with E-state index in [-0.39, 0.29) is 68.7 Å². The van der Waals surface area contributed by atoms with Crippen LogP contribution in [0.5, 0.6) is 0 Å². The van der Waals surface area contributed by atoms with Crippen molar-refractivity contribution in [3.8, 4) is 0 Å². The highest BCUT2D eigenvalue weighted by Gasteiger charge is 2.55. The molecule has 0 spiro atoms. The molecule has 0 bridgehead atoms. The van der Waals surface area contributed by atoms with E-state index < -0.39 is 65.8 Å². The summed E-state index contributed by atoms with van der Waals surface area (Å²) < 4.78 is 63.8. The first-order chi connectivity index (χ1) is 23.1. The molecule has 3 heterocycles. The number of ether oxygens (including phenoxy) is 1. The van der Waals surface area contributed by atoms with Crippen LogP contribution in [0.15, 0.2) is 0 Å². The maximum Gasteiger partial charge on any atom is 0.303 e. The number of hydrogen-bond acceptors (Lipinski definition) is 13. The average molecular weight is 740 g/mol. The van der Waals surface area contributed by atoms with Crippen LogP contribution >= 0.6 is 11.8 Å². The first-order valence-corrected chi connectivity index (χ1v) is 20.2. The molecular formula is C31H55F2N7O7S2. The minimum absolute atomic E-state index is 0.0394. The molecule has 14 nitrogen and oxygen atoms in total. The van der Waals surface area contributed by atoms with Crippen molar-refractivity contribution in [2.45, 2.75) is 155 Å². The Balaban J connectivity index is 1.26. The second kappa shape index (κ2) is 16.2. The average Bonchev–Trinajstić information content (AvgIpc) is 3.45. The van der Waals surface area contributed by atoms with Crippen molar-refractivity contribution in [3.05, 3.63) is 10.1 Å². The molecule has 5 fully saturated rings. The summed E-state index contributed by atoms with van der Waals surface area (Å²) in [4.78, 5) is 24.4. The predicted molar refractivity (Wildman–Crippen MR) is 182 cm³/mol. The van der Waals surface area contributed by atoms with Crippen molar-refractivity contribution in [2.75, 3.05) is 20.2 Å². The van der Waals surface area contributed by atoms with E-state index in [0.29, 0.717) is 25.9 Å². The van der Waals surface area contributed by atoms with Crippen molar-refractivity contribution >= 4 is 27.6 Å². The van der Waals surface area contributed by atoms with E-state index in [1.54, 1.807) is 7.11 Å². The standard InChI is InChI=1S/C31H55F2N7O7S2/c1-17-14-24(38-37-17)34-28-27(47-4)29(39-12-10-18(11-13-39)15-25(41)42)36-30(35-28)48-23-9-8-19(16-21(23)32)49(45,46)31(2,3)20-6-5-7-22(26(20)33)40(43)44/h17-24,26-30,34-38H,5-16H2,1-4H3,(H,41,42). The van der Waals surface area contributed by atoms with Crippen LogP contribution in [-0.2, 0) is 19.4 Å². The van der Waals surface area contributed by atoms with Gasteiger partial charge in [0.2, 0.25) is 6.04 Å². The molecule has 2 aliphatic carbocycles. The van der Waals surface area contributed by atoms with Crippen molar-refractivity contribution in [1.82, 2.24) is 31.7 Å². The lowest BCUT2D eigenvalue weighted by Gasteiger charge is -2.50. The molecule has 0 amide bonds. The Bertz CT molecular complexity index is 1260. The maximum atomic E-state index is 16.0. The van der Waals surface area contributed by atoms with Crippen molar-refractivity contribution < 1.29 is 36.8 Å². The fourth-order valence-corrected chi connectivity index (χ4v) is 12.4. The third kappa shape index (κ3) is 8.70. The Kier molecular flexibility index (Phi) is 12.9. The molecule has 0 aromatic heterocycles. The van der Waals surface area contributed by atoms with Gasteiger partial charge in [-0.1, -0.05) is 0 Å². The molecule has 12 atom stereocenters. The molecule has 3 aliphatic heterocycles. The molecule has 6 N–H and O–H groups in total. The highest BCUT2D eigenvalue weighted by molar-refractivity contribution is 8.00. The number of alkyl halides is 2. The summed E-state index contributed by atoms with van der Waals surface area (Å²) in [7, 11) is -2.38. The highest BCUT2D eigenvalue weighted by Crippen LogP contribution is 2.45. The summed E-state index contributed by atoms with van der Waals surface area (Å²) >= 11 is 1.39. The maximum absolute atomic E-state index is 16.0. The third-order valence-electron chi connectivity index (χ3n) is 11.6. The molecule has 5 aliphatic rings. The zero-order valence-corrected chi connectivity index (χ0v) is 30.5. The van der Waals surface area contributed by atoms with Crippen molar-refractivity contribution in [1.29, 1.82) is 0 Å². The van der Waals surface area contributed by atoms with Gasteiger partial charge in [-0.05, 0) is 91.1 Å². The summed E-state index contributed by atoms with van der Waals surface area (Å²) in [6, 6.07) is -1.16. The summed E-state index contributed by atoms with van der Waals surface area (Å²) in [5.41, 5.74) is 6.07. The number of carboxylic acids is 1. The van der Waals surface area contributed by atoms with Crippen LogP contribution in [-0.4, -0.2) is 119 Å². The molecule has 2 saturated carbocycles. The topological polar surface area (TPSA) is 187 Å². The molecule has 282 valence electrons. The molecule has 0 radical (unpaired) electrons. The van der Waals surface area contributed by atoms with Crippen LogP contribution in [0.25, 0.3) is 0 Å². The molecule has 0 aromatic rings. The van der Waals surface area contributed by atoms with E-state index in [1.165, 1.54) is 25.6 Å². The zero-order chi connectivity index (χ0) is 35.7. The smallest absolute Gasteiger partial charge is 0.303 e. The zero-order valence-electron chi connectivity index (χ0n) is 28.9. The van der Waals surface area contributed by atoms with Crippen LogP contribution < -0.4 is 26.8 Å². The minimum Gasteiger partial charge on any atom is -0.481 e. The van der Waals surface area contributed by atoms with E-state index in [4.69, 9.17) is 4.74 Å². The van der Waals surface area contributed by atoms with Gasteiger partial charge < -0.3 is 9.84 Å². The minimum atomic E-state index is -4.03. The van der Waals surface area contributed by atoms with Crippen LogP contribution in [0.4, 0.5) is 8.78 Å². The number of carboxylic acid groups (broad SMARTS) is 1. The van der Waals surface area contributed by atoms with Crippen LogP contribution in [0.1, 0.15) is 85.0 Å². The molecule has 5 rings (SSSR count). The number of likely N-dealkylation sites (tertiary alicyclic amines) is 1. The lowest BCUT2D eigenvalue weighted by atomic mass is 9.77. The fourth-order valence-electron chi connectivity index (χ4n) is 8.65. The van der Waals surface area contributed by atoms with E-state index >= 15 is 8.78 Å². The lowest BCUT2D eigenvalue weighted by Crippen LogP contribution is -2.75. The molecule has 0 aromatic carbocycles. The number of hydrogen-bond donors (Lipinski definition) is 6. The first kappa shape index (κ1) is 39.0. The van der Waals surface area contributed by atoms with Gasteiger partial charge in [-0.25, -0.2) is 22.6 Å². The number of nitro groups is 1. The van der Waals surface area contributed by atoms with Crippen molar-refractivity contribution in [2.24, 2.45) is 11.8 Å². The number of nitrogens with one attached hydrogen (secondary N) is 5. The Morgan fingerprint density at radius 1 is 1.10 bits per heavy atom. The number of sulfone groups is 1. The number of rotatable bonds is 12. The van der Waals surface area contributed by atoms with Gasteiger partial charge in [-0.15, -0.1) is 11.8 Å². The number of carbonyl (C=O) groups is 1. The molecule has 49 heavy (non-hydrogen) atoms. The van der Waals surface area contributed by atoms with Gasteiger partial charge >= 0.3 is 5.97 Å². The van der Waals surface area contributed by atoms with E-state index in [9.17, 15) is 28.4 Å². The first-order valence-electron chi connectivity index (χ1n) is 17.7. The summed E-state index contributed by atoms with van der Waals surface area (Å²) in [5, 5.41) is 30.0. The van der Waals surface area contributed by atoms with Crippen LogP contribution in [0.3, 0.4) is 0 Å². The van der Waals surface area contributed by atoms with Crippen LogP contribution in [0.2, 0.25) is 0 Å². The number of aliphatic carboxylic acids is 1. The van der Waals surface area contributed by atoms with Crippen molar-refractivity contribution in [3.63, 3.8) is 0 Å². The Morgan fingerprint density at radius 2 is 1.82 bits per heavy atom. The van der Waals surface area contributed by atoms with E-state index in [2.05, 4.69) is 38.6 Å². The second-order valence-corrected chi connectivity index (χ2v) is 19.3. The number of methoxy groups -OCH3 is 1. The third-order valence-corrected chi connectivity index (χ3v) is 16.1. The number of halogens is 2. The largest absolute Gasteiger partial charge is 0.481 e. The SMILES string of the molecule is COC1C(NC2CC(C)NN2)NC(SC2CCC(S(=O)(=O)C(C)(C)C3CCCC([N+](=O)[O-])C3F)CC2F)NC1N1CCC(CC(=O)O)CC1. The van der Waals surface area contributed by atoms with E-state index in [0.717, 1.165) is 19.3 Å². The predicted octanol–water partition coefficient (Wildman–Crippen LogP) is 2.09. The number of nitrogens with zero attached hydrogens (tertiary/aromatic N) is 2. The van der Waals surface area contributed by atoms with Gasteiger partial charge in [-0.2, -0.15) is 0 Å².